The van der Waals surface area contributed by atoms with Crippen LogP contribution >= 0.6 is 0 Å². The summed E-state index contributed by atoms with van der Waals surface area (Å²) >= 11 is 0. The second kappa shape index (κ2) is 29.7. The topological polar surface area (TPSA) is 417 Å². The molecule has 0 bridgehead atoms. The Balaban J connectivity index is 2.30. The number of nitro benzene ring substituents is 1. The summed E-state index contributed by atoms with van der Waals surface area (Å²) in [5.74, 6) is -12.4. The van der Waals surface area contributed by atoms with Gasteiger partial charge < -0.3 is 68.5 Å². The Bertz CT molecular complexity index is 2240. The molecule has 2 aromatic rings. The van der Waals surface area contributed by atoms with E-state index in [1.165, 1.54) is 18.2 Å². The van der Waals surface area contributed by atoms with Gasteiger partial charge in [0.1, 0.15) is 36.8 Å². The standard InChI is InChI=1S/C44H61N11O16/c1-24(2)14-28(50-42(67)30(16-37(61)62)51-41(66)29(49-33(57)17-45)15-26-10-6-5-7-11-26)40(65)52-31(23-56)44(69)54(21-27-12-8-9-13-32(27)55(70)71)22-36(60)47-18-34(58)46-19-35(59)53-39(25(3)4)43(68)48-20-38(63)64/h5-13,24-25,28-31,39,56H,14-23,45H2,1-4H3,(H,46,58)(H,47,60)(H,48,68)(H,49,57)(H,50,67)(H,51,66)(H,52,65)(H,53,59)(H,61,62)(H,63,64)/t28-,29-,30-,31-,39-/m0/s1. The molecule has 71 heavy (non-hydrogen) atoms. The lowest BCUT2D eigenvalue weighted by molar-refractivity contribution is -0.385. The van der Waals surface area contributed by atoms with Crippen molar-refractivity contribution in [2.75, 3.05) is 39.3 Å². The highest BCUT2D eigenvalue weighted by molar-refractivity contribution is 5.98. The van der Waals surface area contributed by atoms with Crippen LogP contribution in [0, 0.1) is 22.0 Å². The van der Waals surface area contributed by atoms with E-state index in [4.69, 9.17) is 10.8 Å². The second-order valence-corrected chi connectivity index (χ2v) is 16.6. The second-order valence-electron chi connectivity index (χ2n) is 16.6. The number of carboxylic acid groups (broad SMARTS) is 2. The van der Waals surface area contributed by atoms with Gasteiger partial charge in [-0.05, 0) is 23.8 Å². The lowest BCUT2D eigenvalue weighted by Gasteiger charge is -2.29. The molecular formula is C44H61N11O16. The van der Waals surface area contributed by atoms with Crippen LogP contribution in [-0.2, 0) is 65.7 Å². The molecule has 0 saturated heterocycles. The quantitative estimate of drug-likeness (QED) is 0.0263. The fourth-order valence-electron chi connectivity index (χ4n) is 6.54. The number of carbonyl (C=O) groups is 11. The molecule has 0 saturated carbocycles. The summed E-state index contributed by atoms with van der Waals surface area (Å²) in [7, 11) is 0. The first kappa shape index (κ1) is 59.1. The van der Waals surface area contributed by atoms with Crippen LogP contribution in [-0.4, -0.2) is 160 Å². The fourth-order valence-corrected chi connectivity index (χ4v) is 6.54. The molecular weight excluding hydrogens is 939 g/mol. The van der Waals surface area contributed by atoms with Gasteiger partial charge in [0, 0.05) is 18.1 Å². The number of nitro groups is 1. The number of benzene rings is 2. The Morgan fingerprint density at radius 3 is 1.77 bits per heavy atom. The Morgan fingerprint density at radius 2 is 1.20 bits per heavy atom. The summed E-state index contributed by atoms with van der Waals surface area (Å²) in [5.41, 5.74) is 5.46. The third kappa shape index (κ3) is 21.4. The molecule has 0 aliphatic carbocycles. The first-order valence-corrected chi connectivity index (χ1v) is 22.1. The van der Waals surface area contributed by atoms with Crippen molar-refractivity contribution in [3.63, 3.8) is 0 Å². The summed E-state index contributed by atoms with van der Waals surface area (Å²) in [6, 6.07) is 5.81. The van der Waals surface area contributed by atoms with Crippen LogP contribution in [0.25, 0.3) is 0 Å². The lowest BCUT2D eigenvalue weighted by atomic mass is 10.0. The van der Waals surface area contributed by atoms with Gasteiger partial charge >= 0.3 is 11.9 Å². The van der Waals surface area contributed by atoms with Crippen LogP contribution in [0.1, 0.15) is 51.7 Å². The van der Waals surface area contributed by atoms with E-state index in [-0.39, 0.29) is 24.3 Å². The van der Waals surface area contributed by atoms with Crippen molar-refractivity contribution in [3.8, 4) is 0 Å². The normalized spacial score (nSPS) is 12.9. The van der Waals surface area contributed by atoms with Crippen molar-refractivity contribution in [3.05, 3.63) is 75.8 Å². The fraction of sp³-hybridized carbons (Fsp3) is 0.477. The average Bonchev–Trinajstić information content (AvgIpc) is 3.31. The molecule has 27 heteroatoms. The maximum atomic E-state index is 14.1. The number of aliphatic hydroxyl groups is 1. The molecule has 0 heterocycles. The SMILES string of the molecule is CC(C)C[C@H](NC(=O)[C@H](CC(=O)O)NC(=O)[C@H](Cc1ccccc1)NC(=O)CN)C(=O)N[C@@H](CO)C(=O)N(CC(=O)NCC(=O)NCC(=O)N[C@H](C(=O)NCC(=O)O)C(C)C)Cc1ccccc1[N+](=O)[O-]. The highest BCUT2D eigenvalue weighted by Crippen LogP contribution is 2.20. The van der Waals surface area contributed by atoms with E-state index in [1.54, 1.807) is 58.0 Å². The van der Waals surface area contributed by atoms with Gasteiger partial charge in [-0.15, -0.1) is 0 Å². The van der Waals surface area contributed by atoms with Gasteiger partial charge in [0.2, 0.25) is 53.2 Å². The zero-order valence-electron chi connectivity index (χ0n) is 39.4. The molecule has 388 valence electrons. The number of aliphatic hydroxyl groups excluding tert-OH is 1. The van der Waals surface area contributed by atoms with E-state index < -0.39 is 164 Å². The molecule has 0 radical (unpaired) electrons. The molecule has 2 aromatic carbocycles. The largest absolute Gasteiger partial charge is 0.481 e. The Kier molecular flexibility index (Phi) is 24.7. The van der Waals surface area contributed by atoms with Crippen LogP contribution < -0.4 is 48.3 Å². The van der Waals surface area contributed by atoms with Gasteiger partial charge in [0.25, 0.3) is 5.69 Å². The highest BCUT2D eigenvalue weighted by atomic mass is 16.6. The smallest absolute Gasteiger partial charge is 0.322 e. The number of nitrogens with one attached hydrogen (secondary N) is 8. The van der Waals surface area contributed by atoms with Gasteiger partial charge in [-0.2, -0.15) is 0 Å². The summed E-state index contributed by atoms with van der Waals surface area (Å²) in [6.07, 6.45) is -1.21. The van der Waals surface area contributed by atoms with Crippen molar-refractivity contribution < 1.29 is 73.0 Å². The Morgan fingerprint density at radius 1 is 0.634 bits per heavy atom. The Labute approximate surface area is 406 Å². The monoisotopic (exact) mass is 999 g/mol. The van der Waals surface area contributed by atoms with Gasteiger partial charge in [-0.3, -0.25) is 62.9 Å². The van der Waals surface area contributed by atoms with Crippen LogP contribution in [0.2, 0.25) is 0 Å². The maximum Gasteiger partial charge on any atom is 0.322 e. The number of nitrogens with two attached hydrogens (primary N) is 1. The van der Waals surface area contributed by atoms with E-state index in [2.05, 4.69) is 42.5 Å². The predicted octanol–water partition coefficient (Wildman–Crippen LogP) is -3.85. The van der Waals surface area contributed by atoms with Gasteiger partial charge in [-0.1, -0.05) is 76.2 Å². The molecule has 13 N–H and O–H groups in total. The molecule has 0 spiro atoms. The number of rotatable bonds is 30. The zero-order chi connectivity index (χ0) is 53.4. The third-order valence-corrected chi connectivity index (χ3v) is 10.0. The van der Waals surface area contributed by atoms with Crippen molar-refractivity contribution >= 4 is 70.8 Å². The van der Waals surface area contributed by atoms with E-state index in [1.807, 2.05) is 0 Å². The van der Waals surface area contributed by atoms with Gasteiger partial charge in [-0.25, -0.2) is 0 Å². The van der Waals surface area contributed by atoms with Crippen LogP contribution in [0.4, 0.5) is 5.69 Å². The summed E-state index contributed by atoms with van der Waals surface area (Å²) < 4.78 is 0. The first-order chi connectivity index (χ1) is 33.4. The minimum absolute atomic E-state index is 0.0797. The number of aliphatic carboxylic acids is 2. The summed E-state index contributed by atoms with van der Waals surface area (Å²) in [6.45, 7) is 1.12. The van der Waals surface area contributed by atoms with E-state index in [0.29, 0.717) is 5.56 Å². The number of para-hydroxylation sites is 1. The van der Waals surface area contributed by atoms with Crippen molar-refractivity contribution in [1.29, 1.82) is 0 Å². The van der Waals surface area contributed by atoms with Gasteiger partial charge in [0.15, 0.2) is 0 Å². The van der Waals surface area contributed by atoms with E-state index in [9.17, 15) is 73.1 Å². The maximum absolute atomic E-state index is 14.1. The van der Waals surface area contributed by atoms with E-state index in [0.717, 1.165) is 11.0 Å². The molecule has 2 rings (SSSR count). The molecule has 5 atom stereocenters. The molecule has 0 fully saturated rings. The Hall–Kier alpha value is -8.07. The molecule has 0 aliphatic rings. The summed E-state index contributed by atoms with van der Waals surface area (Å²) in [5, 5.41) is 59.1. The predicted molar refractivity (Wildman–Crippen MR) is 248 cm³/mol. The molecule has 27 nitrogen and oxygen atoms in total. The third-order valence-electron chi connectivity index (χ3n) is 10.0. The number of nitrogens with zero attached hydrogens (tertiary/aromatic N) is 2. The average molecular weight is 1000 g/mol. The minimum Gasteiger partial charge on any atom is -0.481 e. The number of hydrogen-bond donors (Lipinski definition) is 12. The van der Waals surface area contributed by atoms with Crippen molar-refractivity contribution in [2.45, 2.75) is 83.7 Å². The van der Waals surface area contributed by atoms with Gasteiger partial charge in [0.05, 0.1) is 50.7 Å². The first-order valence-electron chi connectivity index (χ1n) is 22.1. The molecule has 9 amide bonds. The number of hydrogen-bond acceptors (Lipinski definition) is 15. The van der Waals surface area contributed by atoms with Crippen LogP contribution in [0.15, 0.2) is 54.6 Å². The van der Waals surface area contributed by atoms with Crippen LogP contribution in [0.3, 0.4) is 0 Å². The van der Waals surface area contributed by atoms with Crippen molar-refractivity contribution in [1.82, 2.24) is 47.4 Å². The number of amides is 9. The summed E-state index contributed by atoms with van der Waals surface area (Å²) in [4.78, 5) is 153. The zero-order valence-corrected chi connectivity index (χ0v) is 39.4. The lowest BCUT2D eigenvalue weighted by Crippen LogP contribution is -2.60. The van der Waals surface area contributed by atoms with Crippen molar-refractivity contribution in [2.24, 2.45) is 17.6 Å². The molecule has 0 aromatic heterocycles. The number of carbonyl (C=O) groups excluding carboxylic acids is 9. The molecule has 0 aliphatic heterocycles. The minimum atomic E-state index is -1.88. The van der Waals surface area contributed by atoms with Crippen LogP contribution in [0.5, 0.6) is 0 Å². The highest BCUT2D eigenvalue weighted by Gasteiger charge is 2.35. The molecule has 0 unspecified atom stereocenters. The van der Waals surface area contributed by atoms with E-state index >= 15 is 0 Å². The number of carboxylic acids is 2.